The molecule has 3 atom stereocenters. The number of rotatable bonds is 3. The van der Waals surface area contributed by atoms with E-state index in [4.69, 9.17) is 0 Å². The summed E-state index contributed by atoms with van der Waals surface area (Å²) in [4.78, 5) is 31.6. The van der Waals surface area contributed by atoms with E-state index in [1.807, 2.05) is 0 Å². The van der Waals surface area contributed by atoms with Crippen LogP contribution < -0.4 is 10.2 Å². The normalized spacial score (nSPS) is 29.3. The molecular weight excluding hydrogens is 373 g/mol. The number of carbonyl (C=O) groups is 2. The Labute approximate surface area is 168 Å². The van der Waals surface area contributed by atoms with Gasteiger partial charge < -0.3 is 15.3 Å². The molecule has 2 aromatic rings. The van der Waals surface area contributed by atoms with E-state index >= 15 is 0 Å². The maximum Gasteiger partial charge on any atom is 0.270 e. The van der Waals surface area contributed by atoms with E-state index in [1.54, 1.807) is 42.2 Å². The summed E-state index contributed by atoms with van der Waals surface area (Å²) in [5.41, 5.74) is -0.987. The van der Waals surface area contributed by atoms with Crippen LogP contribution in [-0.4, -0.2) is 40.1 Å². The molecular formula is C22H24FN3O3. The number of anilines is 1. The van der Waals surface area contributed by atoms with E-state index in [9.17, 15) is 19.1 Å². The fraction of sp³-hybridized carbons (Fsp3) is 0.409. The Morgan fingerprint density at radius 2 is 2.07 bits per heavy atom. The second-order valence-electron chi connectivity index (χ2n) is 8.27. The summed E-state index contributed by atoms with van der Waals surface area (Å²) < 4.78 is 13.6. The molecule has 1 saturated carbocycles. The highest BCUT2D eigenvalue weighted by Gasteiger charge is 2.54. The molecule has 1 aromatic heterocycles. The van der Waals surface area contributed by atoms with Crippen LogP contribution >= 0.6 is 0 Å². The summed E-state index contributed by atoms with van der Waals surface area (Å²) in [5.74, 6) is -0.834. The molecule has 29 heavy (non-hydrogen) atoms. The van der Waals surface area contributed by atoms with Gasteiger partial charge in [-0.05, 0) is 62.9 Å². The molecule has 152 valence electrons. The smallest absolute Gasteiger partial charge is 0.270 e. The standard InChI is InChI=1S/C22H24FN3O3/c1-21(29)8-9-22(14-18(21)25-19(27)17-7-2-3-11-24-17)10-12-26(20(22)28)16-6-4-5-15(23)13-16/h2-7,11,13,18,29H,8-10,12,14H2,1H3,(H,25,27). The third kappa shape index (κ3) is 3.62. The molecule has 2 aliphatic rings. The molecule has 1 aliphatic carbocycles. The van der Waals surface area contributed by atoms with Gasteiger partial charge in [-0.15, -0.1) is 0 Å². The fourth-order valence-corrected chi connectivity index (χ4v) is 4.45. The number of amides is 2. The Balaban J connectivity index is 1.55. The first-order valence-corrected chi connectivity index (χ1v) is 9.83. The Kier molecular flexibility index (Phi) is 4.86. The summed E-state index contributed by atoms with van der Waals surface area (Å²) >= 11 is 0. The van der Waals surface area contributed by atoms with Gasteiger partial charge in [0.05, 0.1) is 17.1 Å². The van der Waals surface area contributed by atoms with E-state index in [-0.39, 0.29) is 23.3 Å². The van der Waals surface area contributed by atoms with E-state index in [1.165, 1.54) is 18.3 Å². The molecule has 4 rings (SSSR count). The Morgan fingerprint density at radius 1 is 1.24 bits per heavy atom. The number of hydrogen-bond acceptors (Lipinski definition) is 4. The molecule has 0 radical (unpaired) electrons. The minimum atomic E-state index is -1.12. The lowest BCUT2D eigenvalue weighted by atomic mass is 9.65. The first kappa shape index (κ1) is 19.5. The molecule has 1 saturated heterocycles. The zero-order chi connectivity index (χ0) is 20.6. The average molecular weight is 397 g/mol. The monoisotopic (exact) mass is 397 g/mol. The van der Waals surface area contributed by atoms with Crippen LogP contribution in [0.25, 0.3) is 0 Å². The minimum Gasteiger partial charge on any atom is -0.388 e. The van der Waals surface area contributed by atoms with Crippen molar-refractivity contribution in [1.82, 2.24) is 10.3 Å². The van der Waals surface area contributed by atoms with E-state index in [0.29, 0.717) is 37.9 Å². The quantitative estimate of drug-likeness (QED) is 0.834. The zero-order valence-electron chi connectivity index (χ0n) is 16.3. The molecule has 7 heteroatoms. The van der Waals surface area contributed by atoms with Gasteiger partial charge in [-0.1, -0.05) is 12.1 Å². The summed E-state index contributed by atoms with van der Waals surface area (Å²) in [7, 11) is 0. The lowest BCUT2D eigenvalue weighted by Gasteiger charge is -2.45. The molecule has 0 bridgehead atoms. The first-order chi connectivity index (χ1) is 13.8. The van der Waals surface area contributed by atoms with Crippen LogP contribution in [0.4, 0.5) is 10.1 Å². The summed E-state index contributed by atoms with van der Waals surface area (Å²) in [6.45, 7) is 2.18. The number of nitrogens with zero attached hydrogens (tertiary/aromatic N) is 2. The van der Waals surface area contributed by atoms with Gasteiger partial charge >= 0.3 is 0 Å². The second kappa shape index (κ2) is 7.22. The van der Waals surface area contributed by atoms with Crippen molar-refractivity contribution in [1.29, 1.82) is 0 Å². The number of hydrogen-bond donors (Lipinski definition) is 2. The maximum atomic E-state index is 13.6. The van der Waals surface area contributed by atoms with Crippen molar-refractivity contribution < 1.29 is 19.1 Å². The predicted molar refractivity (Wildman–Crippen MR) is 106 cm³/mol. The van der Waals surface area contributed by atoms with Crippen molar-refractivity contribution in [2.45, 2.75) is 44.2 Å². The summed E-state index contributed by atoms with van der Waals surface area (Å²) in [6.07, 6.45) is 3.40. The van der Waals surface area contributed by atoms with E-state index < -0.39 is 17.1 Å². The SMILES string of the molecule is CC1(O)CCC2(CCN(c3cccc(F)c3)C2=O)CC1NC(=O)c1ccccn1. The number of aliphatic hydroxyl groups is 1. The van der Waals surface area contributed by atoms with Crippen LogP contribution in [-0.2, 0) is 4.79 Å². The molecule has 1 aliphatic heterocycles. The van der Waals surface area contributed by atoms with Crippen LogP contribution in [0.3, 0.4) is 0 Å². The molecule has 2 fully saturated rings. The minimum absolute atomic E-state index is 0.0734. The van der Waals surface area contributed by atoms with Crippen molar-refractivity contribution in [3.8, 4) is 0 Å². The molecule has 2 heterocycles. The maximum absolute atomic E-state index is 13.6. The van der Waals surface area contributed by atoms with Crippen molar-refractivity contribution >= 4 is 17.5 Å². The number of halogens is 1. The number of pyridine rings is 1. The molecule has 2 N–H and O–H groups in total. The molecule has 1 spiro atoms. The third-order valence-corrected chi connectivity index (χ3v) is 6.29. The Bertz CT molecular complexity index is 934. The van der Waals surface area contributed by atoms with Gasteiger partial charge in [-0.2, -0.15) is 0 Å². The van der Waals surface area contributed by atoms with Crippen molar-refractivity contribution in [3.05, 3.63) is 60.2 Å². The van der Waals surface area contributed by atoms with Crippen molar-refractivity contribution in [2.24, 2.45) is 5.41 Å². The number of nitrogens with one attached hydrogen (secondary N) is 1. The lowest BCUT2D eigenvalue weighted by molar-refractivity contribution is -0.131. The van der Waals surface area contributed by atoms with Crippen molar-refractivity contribution in [3.63, 3.8) is 0 Å². The first-order valence-electron chi connectivity index (χ1n) is 9.83. The van der Waals surface area contributed by atoms with Crippen LogP contribution in [0, 0.1) is 11.2 Å². The van der Waals surface area contributed by atoms with Gasteiger partial charge in [-0.3, -0.25) is 14.6 Å². The number of aromatic nitrogens is 1. The highest BCUT2D eigenvalue weighted by Crippen LogP contribution is 2.48. The topological polar surface area (TPSA) is 82.5 Å². The van der Waals surface area contributed by atoms with Gasteiger partial charge in [0.1, 0.15) is 11.5 Å². The zero-order valence-corrected chi connectivity index (χ0v) is 16.3. The van der Waals surface area contributed by atoms with E-state index in [2.05, 4.69) is 10.3 Å². The van der Waals surface area contributed by atoms with Gasteiger partial charge in [0, 0.05) is 18.4 Å². The Hall–Kier alpha value is -2.80. The van der Waals surface area contributed by atoms with Crippen LogP contribution in [0.1, 0.15) is 43.1 Å². The number of carbonyl (C=O) groups excluding carboxylic acids is 2. The summed E-state index contributed by atoms with van der Waals surface area (Å²) in [6, 6.07) is 10.5. The molecule has 3 unspecified atom stereocenters. The average Bonchev–Trinajstić information content (AvgIpc) is 3.02. The van der Waals surface area contributed by atoms with Crippen LogP contribution in [0.15, 0.2) is 48.7 Å². The lowest BCUT2D eigenvalue weighted by Crippen LogP contribution is -2.58. The van der Waals surface area contributed by atoms with Gasteiger partial charge in [0.25, 0.3) is 5.91 Å². The largest absolute Gasteiger partial charge is 0.388 e. The number of benzene rings is 1. The highest BCUT2D eigenvalue weighted by atomic mass is 19.1. The summed E-state index contributed by atoms with van der Waals surface area (Å²) in [5, 5.41) is 13.7. The van der Waals surface area contributed by atoms with Gasteiger partial charge in [-0.25, -0.2) is 4.39 Å². The Morgan fingerprint density at radius 3 is 2.79 bits per heavy atom. The molecule has 1 aromatic carbocycles. The van der Waals surface area contributed by atoms with Gasteiger partial charge in [0.15, 0.2) is 0 Å². The van der Waals surface area contributed by atoms with Gasteiger partial charge in [0.2, 0.25) is 5.91 Å². The highest BCUT2D eigenvalue weighted by molar-refractivity contribution is 6.00. The van der Waals surface area contributed by atoms with Crippen molar-refractivity contribution in [2.75, 3.05) is 11.4 Å². The second-order valence-corrected chi connectivity index (χ2v) is 8.27. The van der Waals surface area contributed by atoms with Crippen LogP contribution in [0.2, 0.25) is 0 Å². The fourth-order valence-electron chi connectivity index (χ4n) is 4.45. The van der Waals surface area contributed by atoms with Crippen LogP contribution in [0.5, 0.6) is 0 Å². The van der Waals surface area contributed by atoms with E-state index in [0.717, 1.165) is 0 Å². The predicted octanol–water partition coefficient (Wildman–Crippen LogP) is 2.68. The molecule has 2 amide bonds. The molecule has 6 nitrogen and oxygen atoms in total. The third-order valence-electron chi connectivity index (χ3n) is 6.29.